The van der Waals surface area contributed by atoms with Crippen LogP contribution in [0.2, 0.25) is 0 Å². The van der Waals surface area contributed by atoms with E-state index in [0.717, 1.165) is 13.0 Å². The van der Waals surface area contributed by atoms with Gasteiger partial charge in [0.25, 0.3) is 0 Å². The van der Waals surface area contributed by atoms with Crippen molar-refractivity contribution < 1.29 is 14.3 Å². The van der Waals surface area contributed by atoms with Crippen LogP contribution >= 0.6 is 0 Å². The van der Waals surface area contributed by atoms with Crippen LogP contribution in [0.3, 0.4) is 0 Å². The molecule has 106 valence electrons. The van der Waals surface area contributed by atoms with E-state index < -0.39 is 0 Å². The second-order valence-corrected chi connectivity index (χ2v) is 4.62. The van der Waals surface area contributed by atoms with Crippen molar-refractivity contribution in [2.45, 2.75) is 40.0 Å². The van der Waals surface area contributed by atoms with Gasteiger partial charge in [0.05, 0.1) is 13.2 Å². The maximum atomic E-state index is 11.4. The summed E-state index contributed by atoms with van der Waals surface area (Å²) in [5.41, 5.74) is 0. The monoisotopic (exact) mass is 258 g/mol. The Morgan fingerprint density at radius 3 is 2.56 bits per heavy atom. The number of carbonyl (C=O) groups is 2. The molecule has 0 unspecified atom stereocenters. The summed E-state index contributed by atoms with van der Waals surface area (Å²) >= 11 is 0. The molecule has 0 aromatic rings. The first-order valence-electron chi connectivity index (χ1n) is 6.69. The molecule has 1 amide bonds. The largest absolute Gasteiger partial charge is 0.466 e. The lowest BCUT2D eigenvalue weighted by molar-refractivity contribution is -0.143. The van der Waals surface area contributed by atoms with Crippen molar-refractivity contribution in [1.82, 2.24) is 10.6 Å². The number of amides is 1. The lowest BCUT2D eigenvalue weighted by atomic mass is 10.1. The Balaban J connectivity index is 3.32. The van der Waals surface area contributed by atoms with E-state index in [4.69, 9.17) is 4.74 Å². The van der Waals surface area contributed by atoms with Crippen molar-refractivity contribution >= 4 is 11.9 Å². The van der Waals surface area contributed by atoms with E-state index in [9.17, 15) is 9.59 Å². The van der Waals surface area contributed by atoms with E-state index in [2.05, 4.69) is 24.5 Å². The van der Waals surface area contributed by atoms with Gasteiger partial charge < -0.3 is 15.4 Å². The lowest BCUT2D eigenvalue weighted by Crippen LogP contribution is -2.35. The molecule has 0 aromatic carbocycles. The molecule has 0 aliphatic carbocycles. The van der Waals surface area contributed by atoms with E-state index in [1.165, 1.54) is 0 Å². The smallest absolute Gasteiger partial charge is 0.305 e. The molecule has 0 spiro atoms. The average molecular weight is 258 g/mol. The molecule has 0 saturated carbocycles. The van der Waals surface area contributed by atoms with Crippen molar-refractivity contribution in [2.24, 2.45) is 5.92 Å². The minimum absolute atomic E-state index is 0.00628. The number of hydrogen-bond donors (Lipinski definition) is 2. The highest BCUT2D eigenvalue weighted by Gasteiger charge is 2.03. The van der Waals surface area contributed by atoms with Crippen molar-refractivity contribution in [3.8, 4) is 0 Å². The molecular formula is C13H26N2O3. The Hall–Kier alpha value is -1.10. The van der Waals surface area contributed by atoms with E-state index in [1.54, 1.807) is 6.92 Å². The topological polar surface area (TPSA) is 67.4 Å². The van der Waals surface area contributed by atoms with Gasteiger partial charge >= 0.3 is 5.97 Å². The first kappa shape index (κ1) is 16.9. The highest BCUT2D eigenvalue weighted by atomic mass is 16.5. The molecule has 0 saturated heterocycles. The fourth-order valence-corrected chi connectivity index (χ4v) is 1.36. The third-order valence-electron chi connectivity index (χ3n) is 2.37. The van der Waals surface area contributed by atoms with Crippen molar-refractivity contribution in [1.29, 1.82) is 0 Å². The van der Waals surface area contributed by atoms with E-state index in [0.29, 0.717) is 38.5 Å². The molecule has 0 aromatic heterocycles. The van der Waals surface area contributed by atoms with Crippen LogP contribution in [0.15, 0.2) is 0 Å². The van der Waals surface area contributed by atoms with Gasteiger partial charge in [0.2, 0.25) is 5.91 Å². The van der Waals surface area contributed by atoms with Crippen LogP contribution in [0.25, 0.3) is 0 Å². The third kappa shape index (κ3) is 11.4. The van der Waals surface area contributed by atoms with Crippen molar-refractivity contribution in [3.05, 3.63) is 0 Å². The second-order valence-electron chi connectivity index (χ2n) is 4.62. The van der Waals surface area contributed by atoms with Crippen LogP contribution in [-0.2, 0) is 14.3 Å². The van der Waals surface area contributed by atoms with Gasteiger partial charge in [0.15, 0.2) is 0 Å². The summed E-state index contributed by atoms with van der Waals surface area (Å²) in [4.78, 5) is 22.4. The van der Waals surface area contributed by atoms with E-state index in [1.807, 2.05) is 0 Å². The lowest BCUT2D eigenvalue weighted by Gasteiger charge is -2.08. The van der Waals surface area contributed by atoms with Gasteiger partial charge in [-0.3, -0.25) is 9.59 Å². The minimum Gasteiger partial charge on any atom is -0.466 e. The predicted molar refractivity (Wildman–Crippen MR) is 71.2 cm³/mol. The second kappa shape index (κ2) is 11.0. The van der Waals surface area contributed by atoms with Crippen LogP contribution < -0.4 is 10.6 Å². The van der Waals surface area contributed by atoms with Crippen LogP contribution in [0.4, 0.5) is 0 Å². The fourth-order valence-electron chi connectivity index (χ4n) is 1.36. The Kier molecular flexibility index (Phi) is 10.3. The molecule has 0 aliphatic heterocycles. The summed E-state index contributed by atoms with van der Waals surface area (Å²) in [6.07, 6.45) is 2.09. The maximum absolute atomic E-state index is 11.4. The molecule has 0 bridgehead atoms. The molecule has 0 radical (unpaired) electrons. The Bertz CT molecular complexity index is 242. The summed E-state index contributed by atoms with van der Waals surface area (Å²) in [6, 6.07) is 0. The van der Waals surface area contributed by atoms with Crippen LogP contribution in [-0.4, -0.2) is 38.1 Å². The number of rotatable bonds is 10. The summed E-state index contributed by atoms with van der Waals surface area (Å²) in [6.45, 7) is 8.14. The van der Waals surface area contributed by atoms with E-state index >= 15 is 0 Å². The minimum atomic E-state index is -0.180. The molecule has 5 heteroatoms. The Morgan fingerprint density at radius 1 is 1.22 bits per heavy atom. The quantitative estimate of drug-likeness (QED) is 0.454. The Labute approximate surface area is 110 Å². The number of hydrogen-bond acceptors (Lipinski definition) is 4. The summed E-state index contributed by atoms with van der Waals surface area (Å²) in [7, 11) is 0. The first-order chi connectivity index (χ1) is 8.56. The average Bonchev–Trinajstić information content (AvgIpc) is 2.28. The number of esters is 1. The van der Waals surface area contributed by atoms with Gasteiger partial charge in [0, 0.05) is 13.0 Å². The van der Waals surface area contributed by atoms with Gasteiger partial charge in [0.1, 0.15) is 0 Å². The molecule has 0 fully saturated rings. The zero-order chi connectivity index (χ0) is 13.8. The van der Waals surface area contributed by atoms with Crippen molar-refractivity contribution in [2.75, 3.05) is 26.2 Å². The van der Waals surface area contributed by atoms with Gasteiger partial charge in [-0.25, -0.2) is 0 Å². The molecule has 0 heterocycles. The van der Waals surface area contributed by atoms with Crippen molar-refractivity contribution in [3.63, 3.8) is 0 Å². The van der Waals surface area contributed by atoms with E-state index in [-0.39, 0.29) is 11.9 Å². The third-order valence-corrected chi connectivity index (χ3v) is 2.37. The fraction of sp³-hybridized carbons (Fsp3) is 0.846. The zero-order valence-electron chi connectivity index (χ0n) is 11.8. The highest BCUT2D eigenvalue weighted by molar-refractivity contribution is 5.77. The predicted octanol–water partition coefficient (Wildman–Crippen LogP) is 1.08. The molecule has 0 aliphatic rings. The van der Waals surface area contributed by atoms with Gasteiger partial charge in [-0.2, -0.15) is 0 Å². The highest BCUT2D eigenvalue weighted by Crippen LogP contribution is 1.95. The number of nitrogens with one attached hydrogen (secondary N) is 2. The van der Waals surface area contributed by atoms with Gasteiger partial charge in [-0.1, -0.05) is 13.8 Å². The number of carbonyl (C=O) groups excluding carboxylic acids is 2. The standard InChI is InChI=1S/C13H26N2O3/c1-4-18-13(17)6-5-8-14-10-12(16)15-9-7-11(2)3/h11,14H,4-10H2,1-3H3,(H,15,16). The maximum Gasteiger partial charge on any atom is 0.305 e. The number of ether oxygens (including phenoxy) is 1. The van der Waals surface area contributed by atoms with Gasteiger partial charge in [-0.15, -0.1) is 0 Å². The van der Waals surface area contributed by atoms with Crippen LogP contribution in [0.1, 0.15) is 40.0 Å². The normalized spacial score (nSPS) is 10.4. The molecular weight excluding hydrogens is 232 g/mol. The molecule has 0 atom stereocenters. The summed E-state index contributed by atoms with van der Waals surface area (Å²) in [5, 5.41) is 5.84. The summed E-state index contributed by atoms with van der Waals surface area (Å²) < 4.78 is 4.80. The summed E-state index contributed by atoms with van der Waals surface area (Å²) in [5.74, 6) is 0.426. The molecule has 18 heavy (non-hydrogen) atoms. The molecule has 5 nitrogen and oxygen atoms in total. The first-order valence-corrected chi connectivity index (χ1v) is 6.69. The van der Waals surface area contributed by atoms with Crippen LogP contribution in [0.5, 0.6) is 0 Å². The van der Waals surface area contributed by atoms with Crippen LogP contribution in [0, 0.1) is 5.92 Å². The SMILES string of the molecule is CCOC(=O)CCCNCC(=O)NCCC(C)C. The van der Waals surface area contributed by atoms with Gasteiger partial charge in [-0.05, 0) is 32.2 Å². The molecule has 2 N–H and O–H groups in total. The Morgan fingerprint density at radius 2 is 1.94 bits per heavy atom. The zero-order valence-corrected chi connectivity index (χ0v) is 11.8. The molecule has 0 rings (SSSR count).